The highest BCUT2D eigenvalue weighted by atomic mass is 35.5. The van der Waals surface area contributed by atoms with Crippen molar-refractivity contribution in [3.63, 3.8) is 0 Å². The van der Waals surface area contributed by atoms with Gasteiger partial charge in [-0.1, -0.05) is 0 Å². The van der Waals surface area contributed by atoms with Crippen molar-refractivity contribution in [3.05, 3.63) is 0 Å². The molecule has 2 bridgehead atoms. The van der Waals surface area contributed by atoms with Crippen molar-refractivity contribution in [1.82, 2.24) is 10.6 Å². The van der Waals surface area contributed by atoms with E-state index >= 15 is 0 Å². The van der Waals surface area contributed by atoms with E-state index in [1.165, 1.54) is 12.8 Å². The average molecular weight is 233 g/mol. The van der Waals surface area contributed by atoms with Gasteiger partial charge in [-0.15, -0.1) is 12.4 Å². The van der Waals surface area contributed by atoms with E-state index in [-0.39, 0.29) is 30.5 Å². The molecule has 3 heterocycles. The van der Waals surface area contributed by atoms with Crippen molar-refractivity contribution in [2.75, 3.05) is 13.2 Å². The zero-order valence-electron chi connectivity index (χ0n) is 8.62. The standard InChI is InChI=1S/C10H16N2O2.ClH/c13-9-5-14-10(6-11-9)3-7-1-2-8(4-10)12-7;/h7-8,12H,1-6H2,(H,11,13);1H. The summed E-state index contributed by atoms with van der Waals surface area (Å²) in [6.07, 6.45) is 4.65. The maximum Gasteiger partial charge on any atom is 0.246 e. The van der Waals surface area contributed by atoms with Crippen LogP contribution in [-0.2, 0) is 9.53 Å². The Labute approximate surface area is 95.5 Å². The molecule has 3 aliphatic heterocycles. The second kappa shape index (κ2) is 3.92. The Kier molecular flexibility index (Phi) is 2.92. The molecule has 0 aromatic heterocycles. The van der Waals surface area contributed by atoms with Gasteiger partial charge in [0.05, 0.1) is 5.60 Å². The van der Waals surface area contributed by atoms with Gasteiger partial charge in [-0.25, -0.2) is 0 Å². The van der Waals surface area contributed by atoms with E-state index in [0.717, 1.165) is 12.8 Å². The molecule has 0 aromatic carbocycles. The topological polar surface area (TPSA) is 50.4 Å². The molecule has 3 rings (SSSR count). The van der Waals surface area contributed by atoms with Gasteiger partial charge in [-0.3, -0.25) is 4.79 Å². The largest absolute Gasteiger partial charge is 0.363 e. The summed E-state index contributed by atoms with van der Waals surface area (Å²) >= 11 is 0. The van der Waals surface area contributed by atoms with Crippen LogP contribution in [0.25, 0.3) is 0 Å². The van der Waals surface area contributed by atoms with Crippen LogP contribution in [0.3, 0.4) is 0 Å². The lowest BCUT2D eigenvalue weighted by Gasteiger charge is -2.43. The number of nitrogens with one attached hydrogen (secondary N) is 2. The second-order valence-electron chi connectivity index (χ2n) is 4.79. The van der Waals surface area contributed by atoms with Gasteiger partial charge in [-0.2, -0.15) is 0 Å². The van der Waals surface area contributed by atoms with Gasteiger partial charge in [0.25, 0.3) is 0 Å². The van der Waals surface area contributed by atoms with Crippen LogP contribution in [-0.4, -0.2) is 36.7 Å². The fourth-order valence-corrected chi connectivity index (χ4v) is 3.05. The first-order chi connectivity index (χ1) is 6.76. The second-order valence-corrected chi connectivity index (χ2v) is 4.79. The fraction of sp³-hybridized carbons (Fsp3) is 0.900. The highest BCUT2D eigenvalue weighted by Crippen LogP contribution is 2.36. The molecule has 1 amide bonds. The summed E-state index contributed by atoms with van der Waals surface area (Å²) in [5.74, 6) is 0.0292. The van der Waals surface area contributed by atoms with E-state index in [9.17, 15) is 4.79 Å². The van der Waals surface area contributed by atoms with Crippen molar-refractivity contribution in [3.8, 4) is 0 Å². The van der Waals surface area contributed by atoms with Gasteiger partial charge in [0.15, 0.2) is 0 Å². The molecule has 2 atom stereocenters. The van der Waals surface area contributed by atoms with Gasteiger partial charge in [-0.05, 0) is 25.7 Å². The van der Waals surface area contributed by atoms with E-state index < -0.39 is 0 Å². The average Bonchev–Trinajstić information content (AvgIpc) is 2.52. The minimum Gasteiger partial charge on any atom is -0.363 e. The Morgan fingerprint density at radius 1 is 1.27 bits per heavy atom. The molecule has 0 saturated carbocycles. The zero-order chi connectivity index (χ0) is 9.60. The number of carbonyl (C=O) groups excluding carboxylic acids is 1. The number of hydrogen-bond acceptors (Lipinski definition) is 3. The first kappa shape index (κ1) is 11.2. The first-order valence-electron chi connectivity index (χ1n) is 5.43. The van der Waals surface area contributed by atoms with Crippen LogP contribution in [0, 0.1) is 0 Å². The zero-order valence-corrected chi connectivity index (χ0v) is 9.44. The normalized spacial score (nSPS) is 43.6. The predicted molar refractivity (Wildman–Crippen MR) is 58.1 cm³/mol. The number of hydrogen-bond donors (Lipinski definition) is 2. The summed E-state index contributed by atoms with van der Waals surface area (Å²) in [6, 6.07) is 1.23. The molecule has 3 saturated heterocycles. The third-order valence-electron chi connectivity index (χ3n) is 3.69. The lowest BCUT2D eigenvalue weighted by molar-refractivity contribution is -0.149. The molecule has 5 heteroatoms. The minimum atomic E-state index is -0.0506. The quantitative estimate of drug-likeness (QED) is 0.628. The number of halogens is 1. The lowest BCUT2D eigenvalue weighted by atomic mass is 9.86. The van der Waals surface area contributed by atoms with Crippen LogP contribution in [0.4, 0.5) is 0 Å². The molecule has 3 fully saturated rings. The molecule has 3 aliphatic rings. The summed E-state index contributed by atoms with van der Waals surface area (Å²) in [5.41, 5.74) is -0.0506. The molecule has 2 unspecified atom stereocenters. The molecule has 4 nitrogen and oxygen atoms in total. The van der Waals surface area contributed by atoms with Crippen LogP contribution in [0.1, 0.15) is 25.7 Å². The maximum atomic E-state index is 11.0. The highest BCUT2D eigenvalue weighted by Gasteiger charge is 2.46. The van der Waals surface area contributed by atoms with Crippen molar-refractivity contribution >= 4 is 18.3 Å². The Balaban J connectivity index is 0.000000853. The minimum absolute atomic E-state index is 0. The highest BCUT2D eigenvalue weighted by molar-refractivity contribution is 5.85. The Bertz CT molecular complexity index is 248. The summed E-state index contributed by atoms with van der Waals surface area (Å²) < 4.78 is 5.75. The Morgan fingerprint density at radius 3 is 2.47 bits per heavy atom. The van der Waals surface area contributed by atoms with Crippen molar-refractivity contribution < 1.29 is 9.53 Å². The summed E-state index contributed by atoms with van der Waals surface area (Å²) in [4.78, 5) is 11.0. The van der Waals surface area contributed by atoms with Crippen molar-refractivity contribution in [2.45, 2.75) is 43.4 Å². The summed E-state index contributed by atoms with van der Waals surface area (Å²) in [5, 5.41) is 6.50. The van der Waals surface area contributed by atoms with E-state index in [0.29, 0.717) is 18.6 Å². The molecule has 2 N–H and O–H groups in total. The molecule has 86 valence electrons. The number of fused-ring (bicyclic) bond motifs is 2. The van der Waals surface area contributed by atoms with E-state index in [1.807, 2.05) is 0 Å². The van der Waals surface area contributed by atoms with Crippen LogP contribution in [0.15, 0.2) is 0 Å². The molecule has 0 aromatic rings. The fourth-order valence-electron chi connectivity index (χ4n) is 3.05. The van der Waals surface area contributed by atoms with Crippen molar-refractivity contribution in [2.24, 2.45) is 0 Å². The number of rotatable bonds is 0. The maximum absolute atomic E-state index is 11.0. The number of carbonyl (C=O) groups is 1. The number of piperidine rings is 1. The lowest BCUT2D eigenvalue weighted by Crippen LogP contribution is -2.59. The molecule has 0 radical (unpaired) electrons. The van der Waals surface area contributed by atoms with Gasteiger partial charge in [0, 0.05) is 18.6 Å². The molecule has 1 spiro atoms. The SMILES string of the molecule is Cl.O=C1COC2(CN1)CC1CCC(C2)N1. The first-order valence-corrected chi connectivity index (χ1v) is 5.43. The smallest absolute Gasteiger partial charge is 0.246 e. The van der Waals surface area contributed by atoms with Crippen molar-refractivity contribution in [1.29, 1.82) is 0 Å². The summed E-state index contributed by atoms with van der Waals surface area (Å²) in [7, 11) is 0. The van der Waals surface area contributed by atoms with Crippen LogP contribution in [0.2, 0.25) is 0 Å². The molecule has 0 aliphatic carbocycles. The number of ether oxygens (including phenoxy) is 1. The third kappa shape index (κ3) is 1.98. The van der Waals surface area contributed by atoms with Crippen LogP contribution >= 0.6 is 12.4 Å². The monoisotopic (exact) mass is 232 g/mol. The van der Waals surface area contributed by atoms with E-state index in [2.05, 4.69) is 10.6 Å². The van der Waals surface area contributed by atoms with Gasteiger partial charge >= 0.3 is 0 Å². The Hall–Kier alpha value is -0.320. The van der Waals surface area contributed by atoms with Gasteiger partial charge in [0.2, 0.25) is 5.91 Å². The van der Waals surface area contributed by atoms with E-state index in [4.69, 9.17) is 4.74 Å². The van der Waals surface area contributed by atoms with Gasteiger partial charge in [0.1, 0.15) is 6.61 Å². The molecular weight excluding hydrogens is 216 g/mol. The molecule has 15 heavy (non-hydrogen) atoms. The van der Waals surface area contributed by atoms with Crippen LogP contribution in [0.5, 0.6) is 0 Å². The number of morpholine rings is 1. The van der Waals surface area contributed by atoms with Gasteiger partial charge < -0.3 is 15.4 Å². The van der Waals surface area contributed by atoms with Crippen LogP contribution < -0.4 is 10.6 Å². The Morgan fingerprint density at radius 2 is 1.93 bits per heavy atom. The third-order valence-corrected chi connectivity index (χ3v) is 3.69. The van der Waals surface area contributed by atoms with E-state index in [1.54, 1.807) is 0 Å². The number of amides is 1. The molecular formula is C10H17ClN2O2. The summed E-state index contributed by atoms with van der Waals surface area (Å²) in [6.45, 7) is 0.958. The predicted octanol–water partition coefficient (Wildman–Crippen LogP) is 0.208.